The van der Waals surface area contributed by atoms with Gasteiger partial charge >= 0.3 is 5.97 Å². The summed E-state index contributed by atoms with van der Waals surface area (Å²) >= 11 is 0. The minimum Gasteiger partial charge on any atom is -0.452 e. The molecule has 0 bridgehead atoms. The van der Waals surface area contributed by atoms with Crippen LogP contribution in [0.4, 0.5) is 0 Å². The highest BCUT2D eigenvalue weighted by molar-refractivity contribution is 7.90. The lowest BCUT2D eigenvalue weighted by molar-refractivity contribution is -0.137. The standard InChI is InChI=1S/C18H25NO5S/c1-3-19(14-9-5-4-6-10-14)17(20)13-24-18(21)15-11-7-8-12-16(15)25(2,22)23/h7-8,11-12,14H,3-6,9-10,13H2,1-2H3. The van der Waals surface area contributed by atoms with Crippen molar-refractivity contribution >= 4 is 21.7 Å². The normalized spacial score (nSPS) is 15.6. The molecule has 1 fully saturated rings. The smallest absolute Gasteiger partial charge is 0.339 e. The van der Waals surface area contributed by atoms with Crippen LogP contribution >= 0.6 is 0 Å². The summed E-state index contributed by atoms with van der Waals surface area (Å²) in [6, 6.07) is 6.05. The summed E-state index contributed by atoms with van der Waals surface area (Å²) in [5, 5.41) is 0. The fraction of sp³-hybridized carbons (Fsp3) is 0.556. The van der Waals surface area contributed by atoms with Gasteiger partial charge in [-0.2, -0.15) is 0 Å². The Morgan fingerprint density at radius 3 is 2.40 bits per heavy atom. The second kappa shape index (κ2) is 8.47. The van der Waals surface area contributed by atoms with Crippen LogP contribution in [0.25, 0.3) is 0 Å². The van der Waals surface area contributed by atoms with Crippen LogP contribution in [0.3, 0.4) is 0 Å². The minimum absolute atomic E-state index is 0.0430. The van der Waals surface area contributed by atoms with Crippen molar-refractivity contribution in [3.8, 4) is 0 Å². The van der Waals surface area contributed by atoms with Gasteiger partial charge in [0.25, 0.3) is 5.91 Å². The van der Waals surface area contributed by atoms with E-state index in [0.717, 1.165) is 31.9 Å². The zero-order valence-electron chi connectivity index (χ0n) is 14.7. The molecule has 0 radical (unpaired) electrons. The summed E-state index contributed by atoms with van der Waals surface area (Å²) in [4.78, 5) is 26.3. The van der Waals surface area contributed by atoms with Gasteiger partial charge in [0.05, 0.1) is 10.5 Å². The molecule has 1 aliphatic rings. The first-order valence-corrected chi connectivity index (χ1v) is 10.5. The van der Waals surface area contributed by atoms with E-state index >= 15 is 0 Å². The molecule has 0 unspecified atom stereocenters. The number of esters is 1. The number of likely N-dealkylation sites (N-methyl/N-ethyl adjacent to an activating group) is 1. The van der Waals surface area contributed by atoms with Gasteiger partial charge in [0, 0.05) is 18.8 Å². The van der Waals surface area contributed by atoms with E-state index in [9.17, 15) is 18.0 Å². The van der Waals surface area contributed by atoms with Crippen molar-refractivity contribution < 1.29 is 22.7 Å². The van der Waals surface area contributed by atoms with Gasteiger partial charge in [0.15, 0.2) is 16.4 Å². The van der Waals surface area contributed by atoms with E-state index in [2.05, 4.69) is 0 Å². The Kier molecular flexibility index (Phi) is 6.58. The van der Waals surface area contributed by atoms with Gasteiger partial charge in [-0.3, -0.25) is 4.79 Å². The maximum Gasteiger partial charge on any atom is 0.339 e. The van der Waals surface area contributed by atoms with Crippen molar-refractivity contribution in [3.05, 3.63) is 29.8 Å². The van der Waals surface area contributed by atoms with Crippen LogP contribution in [-0.2, 0) is 19.4 Å². The van der Waals surface area contributed by atoms with Crippen molar-refractivity contribution in [2.75, 3.05) is 19.4 Å². The molecule has 0 N–H and O–H groups in total. The van der Waals surface area contributed by atoms with E-state index < -0.39 is 15.8 Å². The lowest BCUT2D eigenvalue weighted by Gasteiger charge is -2.33. The van der Waals surface area contributed by atoms with Crippen LogP contribution in [0.2, 0.25) is 0 Å². The van der Waals surface area contributed by atoms with Crippen LogP contribution in [0.5, 0.6) is 0 Å². The Morgan fingerprint density at radius 1 is 1.16 bits per heavy atom. The molecule has 0 saturated heterocycles. The first kappa shape index (κ1) is 19.4. The molecular weight excluding hydrogens is 342 g/mol. The molecule has 0 heterocycles. The van der Waals surface area contributed by atoms with E-state index in [-0.39, 0.29) is 29.0 Å². The molecule has 1 saturated carbocycles. The monoisotopic (exact) mass is 367 g/mol. The van der Waals surface area contributed by atoms with Crippen molar-refractivity contribution in [1.82, 2.24) is 4.90 Å². The van der Waals surface area contributed by atoms with Crippen molar-refractivity contribution in [2.24, 2.45) is 0 Å². The number of carbonyl (C=O) groups is 2. The van der Waals surface area contributed by atoms with Crippen molar-refractivity contribution in [3.63, 3.8) is 0 Å². The molecule has 0 aliphatic heterocycles. The van der Waals surface area contributed by atoms with Gasteiger partial charge in [-0.05, 0) is 31.9 Å². The molecular formula is C18H25NO5S. The second-order valence-electron chi connectivity index (χ2n) is 6.32. The third-order valence-electron chi connectivity index (χ3n) is 4.51. The largest absolute Gasteiger partial charge is 0.452 e. The van der Waals surface area contributed by atoms with Crippen LogP contribution in [0.15, 0.2) is 29.2 Å². The summed E-state index contributed by atoms with van der Waals surface area (Å²) in [5.74, 6) is -1.03. The number of ether oxygens (including phenoxy) is 1. The molecule has 0 aromatic heterocycles. The predicted octanol–water partition coefficient (Wildman–Crippen LogP) is 2.43. The predicted molar refractivity (Wildman–Crippen MR) is 94.1 cm³/mol. The third kappa shape index (κ3) is 5.04. The quantitative estimate of drug-likeness (QED) is 0.722. The molecule has 1 aromatic carbocycles. The maximum absolute atomic E-state index is 12.4. The van der Waals surface area contributed by atoms with Crippen LogP contribution in [0, 0.1) is 0 Å². The molecule has 0 atom stereocenters. The van der Waals surface area contributed by atoms with Crippen molar-refractivity contribution in [2.45, 2.75) is 50.0 Å². The van der Waals surface area contributed by atoms with Crippen LogP contribution in [0.1, 0.15) is 49.4 Å². The van der Waals surface area contributed by atoms with E-state index in [1.165, 1.54) is 18.6 Å². The SMILES string of the molecule is CCN(C(=O)COC(=O)c1ccccc1S(C)(=O)=O)C1CCCCC1. The second-order valence-corrected chi connectivity index (χ2v) is 8.30. The summed E-state index contributed by atoms with van der Waals surface area (Å²) in [5.41, 5.74) is -0.0430. The average Bonchev–Trinajstić information content (AvgIpc) is 2.60. The Hall–Kier alpha value is -1.89. The highest BCUT2D eigenvalue weighted by Crippen LogP contribution is 2.23. The van der Waals surface area contributed by atoms with E-state index in [4.69, 9.17) is 4.74 Å². The highest BCUT2D eigenvalue weighted by Gasteiger charge is 2.26. The Labute approximate surface area is 149 Å². The lowest BCUT2D eigenvalue weighted by Crippen LogP contribution is -2.43. The fourth-order valence-electron chi connectivity index (χ4n) is 3.28. The average molecular weight is 367 g/mol. The third-order valence-corrected chi connectivity index (χ3v) is 5.66. The number of rotatable bonds is 6. The number of hydrogen-bond acceptors (Lipinski definition) is 5. The van der Waals surface area contributed by atoms with E-state index in [1.807, 2.05) is 6.92 Å². The minimum atomic E-state index is -3.55. The van der Waals surface area contributed by atoms with Gasteiger partial charge in [-0.15, -0.1) is 0 Å². The molecule has 1 aromatic rings. The summed E-state index contributed by atoms with van der Waals surface area (Å²) in [7, 11) is -3.55. The molecule has 6 nitrogen and oxygen atoms in total. The van der Waals surface area contributed by atoms with E-state index in [1.54, 1.807) is 17.0 Å². The maximum atomic E-state index is 12.4. The first-order valence-electron chi connectivity index (χ1n) is 8.60. The number of sulfone groups is 1. The number of benzene rings is 1. The molecule has 1 amide bonds. The zero-order chi connectivity index (χ0) is 18.4. The number of hydrogen-bond donors (Lipinski definition) is 0. The van der Waals surface area contributed by atoms with Gasteiger partial charge in [0.1, 0.15) is 0 Å². The number of amides is 1. The highest BCUT2D eigenvalue weighted by atomic mass is 32.2. The lowest BCUT2D eigenvalue weighted by atomic mass is 9.94. The molecule has 25 heavy (non-hydrogen) atoms. The van der Waals surface area contributed by atoms with Crippen LogP contribution < -0.4 is 0 Å². The molecule has 0 spiro atoms. The molecule has 2 rings (SSSR count). The van der Waals surface area contributed by atoms with Crippen LogP contribution in [-0.4, -0.2) is 50.6 Å². The van der Waals surface area contributed by atoms with Crippen molar-refractivity contribution in [1.29, 1.82) is 0 Å². The zero-order valence-corrected chi connectivity index (χ0v) is 15.5. The summed E-state index contributed by atoms with van der Waals surface area (Å²) in [6.45, 7) is 2.11. The molecule has 1 aliphatic carbocycles. The Balaban J connectivity index is 2.03. The topological polar surface area (TPSA) is 80.8 Å². The Morgan fingerprint density at radius 2 is 1.80 bits per heavy atom. The summed E-state index contributed by atoms with van der Waals surface area (Å²) in [6.07, 6.45) is 6.40. The fourth-order valence-corrected chi connectivity index (χ4v) is 4.15. The molecule has 7 heteroatoms. The first-order chi connectivity index (χ1) is 11.8. The number of nitrogens with zero attached hydrogens (tertiary/aromatic N) is 1. The van der Waals surface area contributed by atoms with E-state index in [0.29, 0.717) is 6.54 Å². The molecule has 138 valence electrons. The van der Waals surface area contributed by atoms with Gasteiger partial charge in [-0.1, -0.05) is 31.4 Å². The summed E-state index contributed by atoms with van der Waals surface area (Å²) < 4.78 is 28.7. The number of carbonyl (C=O) groups excluding carboxylic acids is 2. The Bertz CT molecular complexity index is 723. The van der Waals surface area contributed by atoms with Gasteiger partial charge in [-0.25, -0.2) is 13.2 Å². The van der Waals surface area contributed by atoms with Gasteiger partial charge < -0.3 is 9.64 Å². The van der Waals surface area contributed by atoms with Gasteiger partial charge in [0.2, 0.25) is 0 Å².